The molecule has 1 fully saturated rings. The number of nitrogens with zero attached hydrogens (tertiary/aromatic N) is 1. The van der Waals surface area contributed by atoms with Crippen molar-refractivity contribution in [3.8, 4) is 22.6 Å². The molecule has 1 aliphatic carbocycles. The lowest BCUT2D eigenvalue weighted by atomic mass is 9.88. The van der Waals surface area contributed by atoms with Gasteiger partial charge in [0.15, 0.2) is 22.6 Å². The topological polar surface area (TPSA) is 85.7 Å². The van der Waals surface area contributed by atoms with E-state index < -0.39 is 16.5 Å². The number of rotatable bonds is 6. The van der Waals surface area contributed by atoms with Crippen LogP contribution in [0.1, 0.15) is 29.7 Å². The minimum absolute atomic E-state index is 0.156. The maximum Gasteiger partial charge on any atom is 0.231 e. The molecule has 7 heteroatoms. The fraction of sp³-hybridized carbons (Fsp3) is 0.250. The standard InChI is InChI=1S/C24H21NO5S/c1-15-9-18(25-13-20(15)16-3-2-4-19(10-16)31(27)28)12-23(26)24(7-8-24)17-5-6-21-22(11-17)30-14-29-21/h2-6,9-11,13H,7-8,12,14H2,1H3,(H,27,28). The molecule has 3 aromatic rings. The molecular weight excluding hydrogens is 414 g/mol. The minimum atomic E-state index is -2.04. The Morgan fingerprint density at radius 2 is 1.94 bits per heavy atom. The molecule has 0 saturated heterocycles. The van der Waals surface area contributed by atoms with Crippen LogP contribution in [0.5, 0.6) is 11.5 Å². The molecule has 1 atom stereocenters. The van der Waals surface area contributed by atoms with Gasteiger partial charge in [0, 0.05) is 23.9 Å². The summed E-state index contributed by atoms with van der Waals surface area (Å²) in [6.07, 6.45) is 3.65. The van der Waals surface area contributed by atoms with Crippen molar-refractivity contribution >= 4 is 16.9 Å². The summed E-state index contributed by atoms with van der Waals surface area (Å²) < 4.78 is 31.6. The maximum atomic E-state index is 13.2. The molecule has 1 aliphatic heterocycles. The molecular formula is C24H21NO5S. The van der Waals surface area contributed by atoms with Crippen LogP contribution < -0.4 is 9.47 Å². The SMILES string of the molecule is Cc1cc(CC(=O)C2(c3ccc4c(c3)OCO4)CC2)ncc1-c1cccc(S(=O)O)c1. The predicted molar refractivity (Wildman–Crippen MR) is 116 cm³/mol. The Bertz CT molecular complexity index is 1220. The Kier molecular flexibility index (Phi) is 4.87. The largest absolute Gasteiger partial charge is 0.454 e. The van der Waals surface area contributed by atoms with Gasteiger partial charge >= 0.3 is 0 Å². The number of carbonyl (C=O) groups excluding carboxylic acids is 1. The number of pyridine rings is 1. The van der Waals surface area contributed by atoms with Gasteiger partial charge in [-0.15, -0.1) is 0 Å². The van der Waals surface area contributed by atoms with Crippen LogP contribution in [0.3, 0.4) is 0 Å². The van der Waals surface area contributed by atoms with Crippen LogP contribution in [-0.4, -0.2) is 26.3 Å². The van der Waals surface area contributed by atoms with E-state index in [0.717, 1.165) is 40.8 Å². The average molecular weight is 436 g/mol. The van der Waals surface area contributed by atoms with E-state index in [4.69, 9.17) is 9.47 Å². The second-order valence-corrected chi connectivity index (χ2v) is 8.99. The summed E-state index contributed by atoms with van der Waals surface area (Å²) in [6.45, 7) is 2.17. The number of benzene rings is 2. The monoisotopic (exact) mass is 435 g/mol. The van der Waals surface area contributed by atoms with Gasteiger partial charge in [0.1, 0.15) is 5.78 Å². The third-order valence-electron chi connectivity index (χ3n) is 6.06. The average Bonchev–Trinajstić information content (AvgIpc) is 3.45. The van der Waals surface area contributed by atoms with Crippen LogP contribution in [0.15, 0.2) is 59.6 Å². The van der Waals surface area contributed by atoms with E-state index in [1.165, 1.54) is 0 Å². The summed E-state index contributed by atoms with van der Waals surface area (Å²) in [5.74, 6) is 1.57. The number of ketones is 1. The summed E-state index contributed by atoms with van der Waals surface area (Å²) in [5, 5.41) is 0. The van der Waals surface area contributed by atoms with Crippen molar-refractivity contribution < 1.29 is 23.0 Å². The first-order valence-electron chi connectivity index (χ1n) is 10.1. The Morgan fingerprint density at radius 1 is 1.13 bits per heavy atom. The first-order chi connectivity index (χ1) is 15.0. The molecule has 1 N–H and O–H groups in total. The second kappa shape index (κ2) is 7.59. The van der Waals surface area contributed by atoms with Gasteiger partial charge in [-0.2, -0.15) is 0 Å². The van der Waals surface area contributed by atoms with Crippen molar-refractivity contribution in [2.24, 2.45) is 0 Å². The normalized spacial score (nSPS) is 16.7. The summed E-state index contributed by atoms with van der Waals surface area (Å²) in [4.78, 5) is 18.1. The van der Waals surface area contributed by atoms with Crippen molar-refractivity contribution in [1.29, 1.82) is 0 Å². The highest BCUT2D eigenvalue weighted by Gasteiger charge is 2.51. The van der Waals surface area contributed by atoms with Crippen LogP contribution in [0.25, 0.3) is 11.1 Å². The summed E-state index contributed by atoms with van der Waals surface area (Å²) in [6, 6.07) is 14.6. The molecule has 6 nitrogen and oxygen atoms in total. The number of ether oxygens (including phenoxy) is 2. The van der Waals surface area contributed by atoms with Crippen molar-refractivity contribution in [1.82, 2.24) is 4.98 Å². The highest BCUT2D eigenvalue weighted by atomic mass is 32.2. The quantitative estimate of drug-likeness (QED) is 0.584. The van der Waals surface area contributed by atoms with Gasteiger partial charge in [-0.1, -0.05) is 18.2 Å². The van der Waals surface area contributed by atoms with Crippen molar-refractivity contribution in [2.75, 3.05) is 6.79 Å². The lowest BCUT2D eigenvalue weighted by Gasteiger charge is -2.15. The Hall–Kier alpha value is -3.03. The zero-order chi connectivity index (χ0) is 21.6. The predicted octanol–water partition coefficient (Wildman–Crippen LogP) is 4.21. The molecule has 2 heterocycles. The van der Waals surface area contributed by atoms with E-state index in [0.29, 0.717) is 16.4 Å². The molecule has 0 spiro atoms. The number of aryl methyl sites for hydroxylation is 1. The first-order valence-corrected chi connectivity index (χ1v) is 11.2. The minimum Gasteiger partial charge on any atom is -0.454 e. The van der Waals surface area contributed by atoms with Crippen molar-refractivity contribution in [3.63, 3.8) is 0 Å². The molecule has 158 valence electrons. The summed E-state index contributed by atoms with van der Waals surface area (Å²) in [5.41, 5.74) is 3.90. The van der Waals surface area contributed by atoms with Crippen LogP contribution in [0.2, 0.25) is 0 Å². The molecule has 0 amide bonds. The molecule has 5 rings (SSSR count). The number of fused-ring (bicyclic) bond motifs is 1. The van der Waals surface area contributed by atoms with Gasteiger partial charge in [-0.25, -0.2) is 4.21 Å². The smallest absolute Gasteiger partial charge is 0.231 e. The van der Waals surface area contributed by atoms with E-state index in [1.807, 2.05) is 37.3 Å². The number of Topliss-reactive ketones (excluding diaryl/α,β-unsaturated/α-hetero) is 1. The van der Waals surface area contributed by atoms with E-state index in [2.05, 4.69) is 4.98 Å². The van der Waals surface area contributed by atoms with Gasteiger partial charge in [0.25, 0.3) is 0 Å². The molecule has 0 bridgehead atoms. The fourth-order valence-electron chi connectivity index (χ4n) is 4.17. The van der Waals surface area contributed by atoms with Gasteiger partial charge in [0.05, 0.1) is 10.3 Å². The highest BCUT2D eigenvalue weighted by Crippen LogP contribution is 2.51. The molecule has 2 aliphatic rings. The first kappa shape index (κ1) is 19.9. The van der Waals surface area contributed by atoms with E-state index in [-0.39, 0.29) is 19.0 Å². The summed E-state index contributed by atoms with van der Waals surface area (Å²) in [7, 11) is 0. The molecule has 1 aromatic heterocycles. The number of carbonyl (C=O) groups is 1. The fourth-order valence-corrected chi connectivity index (χ4v) is 4.59. The van der Waals surface area contributed by atoms with Crippen LogP contribution in [-0.2, 0) is 27.7 Å². The van der Waals surface area contributed by atoms with Crippen LogP contribution in [0.4, 0.5) is 0 Å². The lowest BCUT2D eigenvalue weighted by Crippen LogP contribution is -2.23. The molecule has 31 heavy (non-hydrogen) atoms. The van der Waals surface area contributed by atoms with E-state index in [1.54, 1.807) is 24.4 Å². The van der Waals surface area contributed by atoms with Gasteiger partial charge in [0.2, 0.25) is 6.79 Å². The van der Waals surface area contributed by atoms with Gasteiger partial charge in [-0.3, -0.25) is 9.78 Å². The Balaban J connectivity index is 1.37. The van der Waals surface area contributed by atoms with Crippen LogP contribution >= 0.6 is 0 Å². The second-order valence-electron chi connectivity index (χ2n) is 8.02. The van der Waals surface area contributed by atoms with Gasteiger partial charge < -0.3 is 14.0 Å². The number of hydrogen-bond donors (Lipinski definition) is 1. The molecule has 0 radical (unpaired) electrons. The van der Waals surface area contributed by atoms with Crippen molar-refractivity contribution in [3.05, 3.63) is 71.5 Å². The third-order valence-corrected chi connectivity index (χ3v) is 6.72. The molecule has 1 unspecified atom stereocenters. The van der Waals surface area contributed by atoms with Gasteiger partial charge in [-0.05, 0) is 66.8 Å². The number of aromatic nitrogens is 1. The van der Waals surface area contributed by atoms with E-state index >= 15 is 0 Å². The highest BCUT2D eigenvalue weighted by molar-refractivity contribution is 7.79. The lowest BCUT2D eigenvalue weighted by molar-refractivity contribution is -0.120. The Labute approximate surface area is 182 Å². The molecule has 2 aromatic carbocycles. The number of hydrogen-bond acceptors (Lipinski definition) is 5. The molecule has 1 saturated carbocycles. The maximum absolute atomic E-state index is 13.2. The summed E-state index contributed by atoms with van der Waals surface area (Å²) >= 11 is -2.04. The zero-order valence-corrected chi connectivity index (χ0v) is 17.8. The zero-order valence-electron chi connectivity index (χ0n) is 17.0. The van der Waals surface area contributed by atoms with Crippen LogP contribution in [0, 0.1) is 6.92 Å². The van der Waals surface area contributed by atoms with Crippen molar-refractivity contribution in [2.45, 2.75) is 36.5 Å². The Morgan fingerprint density at radius 3 is 2.68 bits per heavy atom. The van der Waals surface area contributed by atoms with E-state index in [9.17, 15) is 13.6 Å². The third kappa shape index (κ3) is 3.64.